The van der Waals surface area contributed by atoms with Gasteiger partial charge in [0.25, 0.3) is 0 Å². The van der Waals surface area contributed by atoms with Crippen LogP contribution in [0.5, 0.6) is 0 Å². The van der Waals surface area contributed by atoms with Crippen molar-refractivity contribution in [2.45, 2.75) is 18.9 Å². The molecule has 1 saturated heterocycles. The highest BCUT2D eigenvalue weighted by atomic mass is 19.1. The van der Waals surface area contributed by atoms with Gasteiger partial charge in [-0.05, 0) is 42.8 Å². The average Bonchev–Trinajstić information content (AvgIpc) is 2.78. The molecule has 2 heterocycles. The van der Waals surface area contributed by atoms with E-state index < -0.39 is 40.6 Å². The number of amides is 3. The van der Waals surface area contributed by atoms with Gasteiger partial charge in [-0.1, -0.05) is 30.0 Å². The summed E-state index contributed by atoms with van der Waals surface area (Å²) in [6.07, 6.45) is 2.02. The third kappa shape index (κ3) is 4.05. The van der Waals surface area contributed by atoms with E-state index >= 15 is 0 Å². The fourth-order valence-corrected chi connectivity index (χ4v) is 3.70. The van der Waals surface area contributed by atoms with Gasteiger partial charge in [-0.3, -0.25) is 9.78 Å². The van der Waals surface area contributed by atoms with Gasteiger partial charge in [0.1, 0.15) is 11.5 Å². The van der Waals surface area contributed by atoms with Crippen LogP contribution in [0.25, 0.3) is 0 Å². The van der Waals surface area contributed by atoms with Crippen LogP contribution in [-0.4, -0.2) is 28.9 Å². The molecule has 2 aromatic carbocycles. The molecule has 0 radical (unpaired) electrons. The van der Waals surface area contributed by atoms with Crippen LogP contribution >= 0.6 is 0 Å². The molecule has 3 amide bonds. The van der Waals surface area contributed by atoms with E-state index in [1.807, 2.05) is 6.07 Å². The lowest BCUT2D eigenvalue weighted by atomic mass is 9.86. The Kier molecular flexibility index (Phi) is 5.64. The zero-order valence-corrected chi connectivity index (χ0v) is 17.8. The molecule has 166 valence electrons. The molecule has 0 bridgehead atoms. The van der Waals surface area contributed by atoms with Crippen molar-refractivity contribution in [1.29, 1.82) is 0 Å². The number of carbonyl (C=O) groups is 2. The Hall–Kier alpha value is -4.12. The summed E-state index contributed by atoms with van der Waals surface area (Å²) in [4.78, 5) is 31.4. The monoisotopic (exact) mass is 449 g/mol. The molecule has 1 atom stereocenters. The lowest BCUT2D eigenvalue weighted by Gasteiger charge is -2.45. The van der Waals surface area contributed by atoms with Crippen LogP contribution < -0.4 is 4.90 Å². The Morgan fingerprint density at radius 1 is 0.939 bits per heavy atom. The van der Waals surface area contributed by atoms with Gasteiger partial charge in [0, 0.05) is 24.4 Å². The largest absolute Gasteiger partial charge is 0.332 e. The molecular weight excluding hydrogens is 431 g/mol. The third-order valence-electron chi connectivity index (χ3n) is 5.66. The SMILES string of the molecule is CN1C(=O)N(c2c(F)cc(C#Cc3ccccc3)cc2F)C(=O)C[C@@]1(C)c1cncc(F)c1. The fourth-order valence-electron chi connectivity index (χ4n) is 3.70. The summed E-state index contributed by atoms with van der Waals surface area (Å²) in [5, 5.41) is 0. The van der Waals surface area contributed by atoms with E-state index in [2.05, 4.69) is 16.8 Å². The van der Waals surface area contributed by atoms with E-state index in [-0.39, 0.29) is 12.0 Å². The highest BCUT2D eigenvalue weighted by Gasteiger charge is 2.48. The molecule has 0 saturated carbocycles. The van der Waals surface area contributed by atoms with E-state index in [0.717, 1.165) is 23.2 Å². The van der Waals surface area contributed by atoms with Crippen LogP contribution in [0, 0.1) is 29.3 Å². The molecule has 3 aromatic rings. The zero-order valence-electron chi connectivity index (χ0n) is 17.8. The van der Waals surface area contributed by atoms with Crippen molar-refractivity contribution in [3.63, 3.8) is 0 Å². The minimum Gasteiger partial charge on any atom is -0.317 e. The summed E-state index contributed by atoms with van der Waals surface area (Å²) in [6, 6.07) is 11.1. The van der Waals surface area contributed by atoms with Gasteiger partial charge in [-0.15, -0.1) is 0 Å². The molecule has 0 spiro atoms. The van der Waals surface area contributed by atoms with Gasteiger partial charge in [0.15, 0.2) is 11.6 Å². The molecule has 1 aliphatic rings. The smallest absolute Gasteiger partial charge is 0.317 e. The number of hydrogen-bond donors (Lipinski definition) is 0. The average molecular weight is 449 g/mol. The van der Waals surface area contributed by atoms with E-state index in [1.165, 1.54) is 19.3 Å². The number of hydrogen-bond acceptors (Lipinski definition) is 3. The second-order valence-electron chi connectivity index (χ2n) is 7.82. The van der Waals surface area contributed by atoms with Crippen LogP contribution in [0.1, 0.15) is 30.0 Å². The lowest BCUT2D eigenvalue weighted by Crippen LogP contribution is -2.60. The second-order valence-corrected chi connectivity index (χ2v) is 7.82. The van der Waals surface area contributed by atoms with E-state index in [4.69, 9.17) is 0 Å². The van der Waals surface area contributed by atoms with E-state index in [9.17, 15) is 22.8 Å². The summed E-state index contributed by atoms with van der Waals surface area (Å²) in [6.45, 7) is 1.56. The fraction of sp³-hybridized carbons (Fsp3) is 0.160. The molecule has 1 aromatic heterocycles. The third-order valence-corrected chi connectivity index (χ3v) is 5.66. The molecule has 33 heavy (non-hydrogen) atoms. The van der Waals surface area contributed by atoms with Gasteiger partial charge in [0.05, 0.1) is 18.2 Å². The van der Waals surface area contributed by atoms with Crippen molar-refractivity contribution >= 4 is 17.6 Å². The summed E-state index contributed by atoms with van der Waals surface area (Å²) < 4.78 is 43.6. The van der Waals surface area contributed by atoms with Crippen molar-refractivity contribution in [3.05, 3.63) is 95.1 Å². The molecule has 8 heteroatoms. The van der Waals surface area contributed by atoms with Crippen LogP contribution in [0.3, 0.4) is 0 Å². The maximum absolute atomic E-state index is 14.9. The molecule has 0 unspecified atom stereocenters. The first-order chi connectivity index (χ1) is 15.7. The lowest BCUT2D eigenvalue weighted by molar-refractivity contribution is -0.122. The minimum absolute atomic E-state index is 0.0542. The van der Waals surface area contributed by atoms with Crippen molar-refractivity contribution in [2.75, 3.05) is 11.9 Å². The first-order valence-corrected chi connectivity index (χ1v) is 9.98. The molecule has 1 aliphatic heterocycles. The number of halogens is 3. The number of benzene rings is 2. The minimum atomic E-state index is -1.24. The maximum atomic E-state index is 14.9. The van der Waals surface area contributed by atoms with Crippen molar-refractivity contribution in [1.82, 2.24) is 9.88 Å². The standard InChI is InChI=1S/C25H18F3N3O2/c1-25(18-12-19(26)15-29-14-18)13-22(32)31(24(33)30(25)2)23-20(27)10-17(11-21(23)28)9-8-16-6-4-3-5-7-16/h3-7,10-12,14-15H,13H2,1-2H3/t25-/m0/s1. The summed E-state index contributed by atoms with van der Waals surface area (Å²) in [7, 11) is 1.38. The van der Waals surface area contributed by atoms with Crippen LogP contribution in [0.4, 0.5) is 23.7 Å². The molecule has 4 rings (SSSR count). The van der Waals surface area contributed by atoms with Crippen molar-refractivity contribution in [3.8, 4) is 11.8 Å². The number of imide groups is 1. The van der Waals surface area contributed by atoms with Crippen molar-refractivity contribution in [2.24, 2.45) is 0 Å². The van der Waals surface area contributed by atoms with Gasteiger partial charge in [-0.25, -0.2) is 22.9 Å². The number of carbonyl (C=O) groups excluding carboxylic acids is 2. The van der Waals surface area contributed by atoms with Crippen LogP contribution in [-0.2, 0) is 10.3 Å². The number of pyridine rings is 1. The molecule has 0 N–H and O–H groups in total. The van der Waals surface area contributed by atoms with Gasteiger partial charge in [0.2, 0.25) is 5.91 Å². The van der Waals surface area contributed by atoms with Gasteiger partial charge < -0.3 is 4.90 Å². The molecule has 0 aliphatic carbocycles. The Labute approximate surface area is 188 Å². The number of aromatic nitrogens is 1. The maximum Gasteiger partial charge on any atom is 0.332 e. The van der Waals surface area contributed by atoms with Crippen molar-refractivity contribution < 1.29 is 22.8 Å². The predicted octanol–water partition coefficient (Wildman–Crippen LogP) is 4.60. The Morgan fingerprint density at radius 3 is 2.21 bits per heavy atom. The van der Waals surface area contributed by atoms with Gasteiger partial charge in [-0.2, -0.15) is 0 Å². The van der Waals surface area contributed by atoms with Gasteiger partial charge >= 0.3 is 6.03 Å². The Balaban J connectivity index is 1.68. The highest BCUT2D eigenvalue weighted by Crippen LogP contribution is 2.39. The number of anilines is 1. The Morgan fingerprint density at radius 2 is 1.58 bits per heavy atom. The summed E-state index contributed by atoms with van der Waals surface area (Å²) in [5.41, 5.74) is -1.01. The van der Waals surface area contributed by atoms with Crippen LogP contribution in [0.2, 0.25) is 0 Å². The number of urea groups is 1. The molecule has 1 fully saturated rings. The Bertz CT molecular complexity index is 1290. The summed E-state index contributed by atoms with van der Waals surface area (Å²) >= 11 is 0. The summed E-state index contributed by atoms with van der Waals surface area (Å²) in [5.74, 6) is 1.81. The topological polar surface area (TPSA) is 53.5 Å². The number of nitrogens with zero attached hydrogens (tertiary/aromatic N) is 3. The molecular formula is C25H18F3N3O2. The normalized spacial score (nSPS) is 18.2. The van der Waals surface area contributed by atoms with E-state index in [0.29, 0.717) is 16.0 Å². The first-order valence-electron chi connectivity index (χ1n) is 9.98. The van der Waals surface area contributed by atoms with Crippen LogP contribution in [0.15, 0.2) is 60.9 Å². The number of rotatable bonds is 2. The highest BCUT2D eigenvalue weighted by molar-refractivity contribution is 6.16. The first kappa shape index (κ1) is 22.1. The quantitative estimate of drug-likeness (QED) is 0.538. The second kappa shape index (κ2) is 8.43. The predicted molar refractivity (Wildman–Crippen MR) is 116 cm³/mol. The molecule has 5 nitrogen and oxygen atoms in total. The zero-order chi connectivity index (χ0) is 23.8. The van der Waals surface area contributed by atoms with E-state index in [1.54, 1.807) is 31.2 Å².